The molecule has 6 heteroatoms. The average molecular weight is 338 g/mol. The maximum Gasteiger partial charge on any atom is 0.256 e. The van der Waals surface area contributed by atoms with Crippen molar-refractivity contribution in [2.45, 2.75) is 19.3 Å². The van der Waals surface area contributed by atoms with Gasteiger partial charge in [-0.1, -0.05) is 12.1 Å². The van der Waals surface area contributed by atoms with Crippen LogP contribution >= 0.6 is 0 Å². The maximum absolute atomic E-state index is 12.3. The number of benzene rings is 1. The van der Waals surface area contributed by atoms with Gasteiger partial charge in [0.15, 0.2) is 0 Å². The summed E-state index contributed by atoms with van der Waals surface area (Å²) in [7, 11) is 0. The third kappa shape index (κ3) is 5.12. The van der Waals surface area contributed by atoms with Gasteiger partial charge >= 0.3 is 0 Å². The molecule has 2 amide bonds. The predicted molar refractivity (Wildman–Crippen MR) is 97.5 cm³/mol. The van der Waals surface area contributed by atoms with Crippen LogP contribution in [0.4, 0.5) is 11.5 Å². The molecule has 0 bridgehead atoms. The van der Waals surface area contributed by atoms with Crippen molar-refractivity contribution in [3.05, 3.63) is 54.2 Å². The van der Waals surface area contributed by atoms with Crippen LogP contribution in [0, 0.1) is 5.92 Å². The molecule has 1 aliphatic rings. The van der Waals surface area contributed by atoms with Crippen molar-refractivity contribution >= 4 is 23.3 Å². The molecule has 1 fully saturated rings. The summed E-state index contributed by atoms with van der Waals surface area (Å²) in [5.41, 5.74) is 1.10. The van der Waals surface area contributed by atoms with E-state index >= 15 is 0 Å². The lowest BCUT2D eigenvalue weighted by atomic mass is 10.0. The Bertz CT molecular complexity index is 727. The lowest BCUT2D eigenvalue weighted by molar-refractivity contribution is -0.116. The van der Waals surface area contributed by atoms with Crippen molar-refractivity contribution in [2.24, 2.45) is 5.92 Å². The van der Waals surface area contributed by atoms with Gasteiger partial charge in [0.05, 0.1) is 0 Å². The van der Waals surface area contributed by atoms with E-state index in [0.29, 0.717) is 29.4 Å². The molecule has 3 N–H and O–H groups in total. The minimum atomic E-state index is -0.258. The Kier molecular flexibility index (Phi) is 5.74. The second-order valence-corrected chi connectivity index (χ2v) is 6.20. The number of hydrogen-bond donors (Lipinski definition) is 3. The molecule has 3 rings (SSSR count). The molecule has 1 aromatic carbocycles. The zero-order valence-corrected chi connectivity index (χ0v) is 14.0. The Labute approximate surface area is 147 Å². The van der Waals surface area contributed by atoms with Crippen molar-refractivity contribution in [3.8, 4) is 0 Å². The first-order valence-corrected chi connectivity index (χ1v) is 8.54. The lowest BCUT2D eigenvalue weighted by Crippen LogP contribution is -2.16. The van der Waals surface area contributed by atoms with Gasteiger partial charge in [0.25, 0.3) is 5.91 Å². The van der Waals surface area contributed by atoms with E-state index in [4.69, 9.17) is 0 Å². The molecular weight excluding hydrogens is 316 g/mol. The molecule has 1 saturated heterocycles. The summed E-state index contributed by atoms with van der Waals surface area (Å²) in [6.45, 7) is 2.04. The van der Waals surface area contributed by atoms with Crippen LogP contribution in [0.5, 0.6) is 0 Å². The Morgan fingerprint density at radius 1 is 1.16 bits per heavy atom. The number of rotatable bonds is 6. The molecule has 2 heterocycles. The first kappa shape index (κ1) is 17.1. The third-order valence-electron chi connectivity index (χ3n) is 4.26. The van der Waals surface area contributed by atoms with Gasteiger partial charge in [-0.2, -0.15) is 0 Å². The van der Waals surface area contributed by atoms with Crippen LogP contribution in [0.15, 0.2) is 48.7 Å². The van der Waals surface area contributed by atoms with E-state index in [-0.39, 0.29) is 11.8 Å². The largest absolute Gasteiger partial charge is 0.326 e. The molecule has 1 aromatic heterocycles. The monoisotopic (exact) mass is 338 g/mol. The molecule has 0 radical (unpaired) electrons. The number of carbonyl (C=O) groups is 2. The van der Waals surface area contributed by atoms with Crippen molar-refractivity contribution in [3.63, 3.8) is 0 Å². The summed E-state index contributed by atoms with van der Waals surface area (Å²) in [5, 5.41) is 8.91. The smallest absolute Gasteiger partial charge is 0.256 e. The summed E-state index contributed by atoms with van der Waals surface area (Å²) in [6, 6.07) is 12.2. The van der Waals surface area contributed by atoms with Crippen LogP contribution in [0.25, 0.3) is 0 Å². The lowest BCUT2D eigenvalue weighted by Gasteiger charge is -2.10. The normalized spacial score (nSPS) is 16.4. The highest BCUT2D eigenvalue weighted by atomic mass is 16.2. The van der Waals surface area contributed by atoms with Crippen molar-refractivity contribution < 1.29 is 9.59 Å². The number of aromatic nitrogens is 1. The quantitative estimate of drug-likeness (QED) is 0.756. The highest BCUT2D eigenvalue weighted by Gasteiger charge is 2.16. The van der Waals surface area contributed by atoms with Gasteiger partial charge in [-0.05, 0) is 62.2 Å². The second-order valence-electron chi connectivity index (χ2n) is 6.20. The van der Waals surface area contributed by atoms with E-state index < -0.39 is 0 Å². The predicted octanol–water partition coefficient (Wildman–Crippen LogP) is 2.66. The fraction of sp³-hybridized carbons (Fsp3) is 0.316. The van der Waals surface area contributed by atoms with E-state index in [1.807, 2.05) is 0 Å². The third-order valence-corrected chi connectivity index (χ3v) is 4.26. The molecule has 0 spiro atoms. The standard InChI is InChI=1S/C19H22N4O2/c24-18(8-7-14-9-11-20-13-14)22-16-5-3-4-15(12-16)19(25)23-17-6-1-2-10-21-17/h1-6,10,12,14,20H,7-9,11,13H2,(H,22,24)(H,21,23,25). The maximum atomic E-state index is 12.3. The SMILES string of the molecule is O=C(CCC1CCNC1)Nc1cccc(C(=O)Nc2ccccn2)c1. The van der Waals surface area contributed by atoms with Crippen LogP contribution < -0.4 is 16.0 Å². The molecular formula is C19H22N4O2. The first-order chi connectivity index (χ1) is 12.2. The number of pyridine rings is 1. The van der Waals surface area contributed by atoms with Gasteiger partial charge in [-0.25, -0.2) is 4.98 Å². The summed E-state index contributed by atoms with van der Waals surface area (Å²) in [5.74, 6) is 0.800. The molecule has 25 heavy (non-hydrogen) atoms. The van der Waals surface area contributed by atoms with E-state index in [9.17, 15) is 9.59 Å². The van der Waals surface area contributed by atoms with E-state index in [0.717, 1.165) is 25.9 Å². The van der Waals surface area contributed by atoms with Gasteiger partial charge in [0, 0.05) is 23.9 Å². The van der Waals surface area contributed by atoms with Gasteiger partial charge < -0.3 is 16.0 Å². The zero-order chi connectivity index (χ0) is 17.5. The number of hydrogen-bond acceptors (Lipinski definition) is 4. The Morgan fingerprint density at radius 3 is 2.84 bits per heavy atom. The molecule has 2 aromatic rings. The van der Waals surface area contributed by atoms with Crippen LogP contribution in [-0.4, -0.2) is 29.9 Å². The summed E-state index contributed by atoms with van der Waals surface area (Å²) in [6.07, 6.45) is 4.14. The molecule has 1 aliphatic heterocycles. The van der Waals surface area contributed by atoms with E-state index in [2.05, 4.69) is 20.9 Å². The minimum Gasteiger partial charge on any atom is -0.326 e. The Balaban J connectivity index is 1.55. The number of nitrogens with zero attached hydrogens (tertiary/aromatic N) is 1. The number of carbonyl (C=O) groups excluding carboxylic acids is 2. The molecule has 6 nitrogen and oxygen atoms in total. The van der Waals surface area contributed by atoms with E-state index in [1.54, 1.807) is 48.7 Å². The van der Waals surface area contributed by atoms with Crippen LogP contribution in [0.2, 0.25) is 0 Å². The van der Waals surface area contributed by atoms with Gasteiger partial charge in [-0.3, -0.25) is 9.59 Å². The van der Waals surface area contributed by atoms with Crippen LogP contribution in [-0.2, 0) is 4.79 Å². The topological polar surface area (TPSA) is 83.1 Å². The Morgan fingerprint density at radius 2 is 2.08 bits per heavy atom. The molecule has 0 saturated carbocycles. The van der Waals surface area contributed by atoms with Gasteiger partial charge in [0.2, 0.25) is 5.91 Å². The van der Waals surface area contributed by atoms with Crippen LogP contribution in [0.3, 0.4) is 0 Å². The first-order valence-electron chi connectivity index (χ1n) is 8.54. The van der Waals surface area contributed by atoms with Crippen molar-refractivity contribution in [1.82, 2.24) is 10.3 Å². The molecule has 130 valence electrons. The van der Waals surface area contributed by atoms with Gasteiger partial charge in [-0.15, -0.1) is 0 Å². The number of nitrogens with one attached hydrogen (secondary N) is 3. The van der Waals surface area contributed by atoms with Gasteiger partial charge in [0.1, 0.15) is 5.82 Å². The second kappa shape index (κ2) is 8.39. The fourth-order valence-corrected chi connectivity index (χ4v) is 2.88. The fourth-order valence-electron chi connectivity index (χ4n) is 2.88. The van der Waals surface area contributed by atoms with Crippen molar-refractivity contribution in [2.75, 3.05) is 23.7 Å². The van der Waals surface area contributed by atoms with Crippen LogP contribution in [0.1, 0.15) is 29.6 Å². The summed E-state index contributed by atoms with van der Waals surface area (Å²) < 4.78 is 0. The molecule has 1 atom stereocenters. The van der Waals surface area contributed by atoms with E-state index in [1.165, 1.54) is 0 Å². The highest BCUT2D eigenvalue weighted by Crippen LogP contribution is 2.16. The number of anilines is 2. The van der Waals surface area contributed by atoms with Crippen molar-refractivity contribution in [1.29, 1.82) is 0 Å². The molecule has 1 unspecified atom stereocenters. The zero-order valence-electron chi connectivity index (χ0n) is 14.0. The highest BCUT2D eigenvalue weighted by molar-refractivity contribution is 6.04. The molecule has 0 aliphatic carbocycles. The average Bonchev–Trinajstić information content (AvgIpc) is 3.15. The number of amides is 2. The summed E-state index contributed by atoms with van der Waals surface area (Å²) in [4.78, 5) is 28.5. The minimum absolute atomic E-state index is 0.0193. The summed E-state index contributed by atoms with van der Waals surface area (Å²) >= 11 is 0. The Hall–Kier alpha value is -2.73.